The summed E-state index contributed by atoms with van der Waals surface area (Å²) < 4.78 is 5.58. The van der Waals surface area contributed by atoms with Crippen molar-refractivity contribution in [3.63, 3.8) is 0 Å². The first-order valence-corrected chi connectivity index (χ1v) is 32.1. The van der Waals surface area contributed by atoms with Crippen molar-refractivity contribution in [2.75, 3.05) is 4.90 Å². The van der Waals surface area contributed by atoms with Crippen LogP contribution in [0.15, 0.2) is 158 Å². The van der Waals surface area contributed by atoms with E-state index < -0.39 is 8.07 Å². The first-order chi connectivity index (χ1) is 38.4. The van der Waals surface area contributed by atoms with Crippen LogP contribution in [-0.2, 0) is 21.7 Å². The number of nitrogens with zero attached hydrogens (tertiary/aromatic N) is 3. The van der Waals surface area contributed by atoms with E-state index in [1.165, 1.54) is 132 Å². The maximum atomic E-state index is 2.84. The minimum atomic E-state index is -3.18. The molecule has 81 heavy (non-hydrogen) atoms. The van der Waals surface area contributed by atoms with Crippen molar-refractivity contribution in [2.45, 2.75) is 144 Å². The molecular weight excluding hydrogens is 994 g/mol. The van der Waals surface area contributed by atoms with Gasteiger partial charge in [-0.3, -0.25) is 0 Å². The van der Waals surface area contributed by atoms with Crippen LogP contribution in [0.4, 0.5) is 17.1 Å². The van der Waals surface area contributed by atoms with Crippen LogP contribution in [-0.4, -0.2) is 23.9 Å². The zero-order chi connectivity index (χ0) is 56.5. The summed E-state index contributed by atoms with van der Waals surface area (Å²) >= 11 is 0. The van der Waals surface area contributed by atoms with Crippen molar-refractivity contribution >= 4 is 113 Å². The van der Waals surface area contributed by atoms with E-state index in [1.54, 1.807) is 15.6 Å². The van der Waals surface area contributed by atoms with E-state index in [1.807, 2.05) is 0 Å². The van der Waals surface area contributed by atoms with Gasteiger partial charge in [-0.15, -0.1) is 0 Å². The first kappa shape index (κ1) is 50.6. The van der Waals surface area contributed by atoms with Crippen molar-refractivity contribution in [1.82, 2.24) is 9.13 Å². The Kier molecular flexibility index (Phi) is 10.3. The van der Waals surface area contributed by atoms with Gasteiger partial charge in [-0.25, -0.2) is 0 Å². The lowest BCUT2D eigenvalue weighted by molar-refractivity contribution is 0.590. The molecule has 0 radical (unpaired) electrons. The number of anilines is 3. The smallest absolute Gasteiger partial charge is 0.252 e. The van der Waals surface area contributed by atoms with Crippen LogP contribution in [0.2, 0.25) is 0 Å². The molecule has 0 N–H and O–H groups in total. The van der Waals surface area contributed by atoms with Gasteiger partial charge in [0, 0.05) is 49.8 Å². The van der Waals surface area contributed by atoms with E-state index in [2.05, 4.69) is 283 Å². The number of benzene rings is 9. The van der Waals surface area contributed by atoms with Gasteiger partial charge in [-0.2, -0.15) is 0 Å². The minimum Gasteiger partial charge on any atom is -0.310 e. The molecule has 402 valence electrons. The van der Waals surface area contributed by atoms with E-state index >= 15 is 0 Å². The highest BCUT2D eigenvalue weighted by Gasteiger charge is 2.57. The molecule has 2 aromatic heterocycles. The molecule has 6 heterocycles. The summed E-state index contributed by atoms with van der Waals surface area (Å²) in [6.45, 7) is 38.3. The molecule has 0 unspecified atom stereocenters. The van der Waals surface area contributed by atoms with Crippen molar-refractivity contribution in [2.24, 2.45) is 0 Å². The quantitative estimate of drug-likeness (QED) is 0.157. The average Bonchev–Trinajstić information content (AvgIpc) is 3.01. The van der Waals surface area contributed by atoms with Gasteiger partial charge in [-0.05, 0) is 170 Å². The van der Waals surface area contributed by atoms with Crippen LogP contribution >= 0.6 is 0 Å². The molecule has 0 bridgehead atoms. The lowest BCUT2D eigenvalue weighted by atomic mass is 9.34. The fourth-order valence-corrected chi connectivity index (χ4v) is 20.8. The van der Waals surface area contributed by atoms with E-state index in [0.29, 0.717) is 11.8 Å². The Balaban J connectivity index is 1.17. The molecule has 4 aliphatic rings. The second-order valence-corrected chi connectivity index (χ2v) is 33.1. The lowest BCUT2D eigenvalue weighted by Crippen LogP contribution is -2.77. The monoisotopic (exact) mass is 1070 g/mol. The normalized spacial score (nSPS) is 14.7. The zero-order valence-corrected chi connectivity index (χ0v) is 51.6. The number of aromatic nitrogens is 2. The van der Waals surface area contributed by atoms with Gasteiger partial charge in [0.05, 0.1) is 22.2 Å². The third-order valence-corrected chi connectivity index (χ3v) is 24.5. The highest BCUT2D eigenvalue weighted by molar-refractivity contribution is 7.24. The van der Waals surface area contributed by atoms with Crippen LogP contribution in [0.5, 0.6) is 0 Å². The number of rotatable bonds is 5. The molecule has 0 saturated carbocycles. The molecular formula is C76H76BN3Si. The standard InChI is InChI=1S/C76H76BN3Si/c1-43(2)45-21-20-24-52(35-45)78(51-22-18-17-19-23-51)60-32-31-58-71-67(60)55-28-25-46(44(3)4)36-62(55)79(71)61-33-34-63-72-68(61)77(58)59-39-49(75(11,12)13)37-56-57-38-50(76(14,15)16)42-66(70(57)80(72)69(56)59)81(63)64-40-47(73(5,6)7)26-29-53(64)54-30-27-48(41-65(54)81)74(8,9)10/h17-44H,1-16H3. The molecule has 0 amide bonds. The average molecular weight is 1070 g/mol. The summed E-state index contributed by atoms with van der Waals surface area (Å²) in [6, 6.07) is 64.1. The fourth-order valence-electron chi connectivity index (χ4n) is 15.2. The molecule has 3 nitrogen and oxygen atoms in total. The number of hydrogen-bond acceptors (Lipinski definition) is 1. The Morgan fingerprint density at radius 2 is 1.00 bits per heavy atom. The molecule has 0 aliphatic carbocycles. The van der Waals surface area contributed by atoms with Gasteiger partial charge >= 0.3 is 0 Å². The second kappa shape index (κ2) is 16.4. The molecule has 5 heteroatoms. The molecule has 0 fully saturated rings. The van der Waals surface area contributed by atoms with E-state index in [9.17, 15) is 0 Å². The van der Waals surface area contributed by atoms with Crippen molar-refractivity contribution in [3.05, 3.63) is 191 Å². The zero-order valence-electron chi connectivity index (χ0n) is 50.6. The SMILES string of the molecule is CC(C)c1cccc(N(c2ccccc2)c2ccc3c4c2c2ccc(C(C)C)cc2n4-c2ccc4c5c2B3c2cc(C(C)(C)C)cc3c6cc(C(C)(C)C)cc(c6n-5c23)[Si]42c3cc(C(C)(C)C)ccc3-c3ccc(C(C)(C)C)cc32)c1. The maximum absolute atomic E-state index is 3.18. The summed E-state index contributed by atoms with van der Waals surface area (Å²) in [5.41, 5.74) is 26.8. The van der Waals surface area contributed by atoms with Crippen molar-refractivity contribution < 1.29 is 0 Å². The summed E-state index contributed by atoms with van der Waals surface area (Å²) in [5.74, 6) is 0.752. The Morgan fingerprint density at radius 3 is 1.62 bits per heavy atom. The number of hydrogen-bond donors (Lipinski definition) is 0. The van der Waals surface area contributed by atoms with Gasteiger partial charge in [0.25, 0.3) is 6.71 Å². The second-order valence-electron chi connectivity index (χ2n) is 29.4. The van der Waals surface area contributed by atoms with Crippen LogP contribution in [0, 0.1) is 0 Å². The third-order valence-electron chi connectivity index (χ3n) is 19.6. The summed E-state index contributed by atoms with van der Waals surface area (Å²) in [7, 11) is -3.18. The van der Waals surface area contributed by atoms with Gasteiger partial charge < -0.3 is 14.0 Å². The van der Waals surface area contributed by atoms with Crippen LogP contribution in [0.3, 0.4) is 0 Å². The largest absolute Gasteiger partial charge is 0.310 e. The summed E-state index contributed by atoms with van der Waals surface area (Å²) in [4.78, 5) is 2.54. The number of fused-ring (bicyclic) bond motifs is 14. The Labute approximate surface area is 481 Å². The Bertz CT molecular complexity index is 4510. The van der Waals surface area contributed by atoms with E-state index in [-0.39, 0.29) is 28.4 Å². The molecule has 11 aromatic rings. The van der Waals surface area contributed by atoms with Crippen molar-refractivity contribution in [1.29, 1.82) is 0 Å². The van der Waals surface area contributed by atoms with E-state index in [4.69, 9.17) is 0 Å². The van der Waals surface area contributed by atoms with Gasteiger partial charge in [0.2, 0.25) is 0 Å². The van der Waals surface area contributed by atoms with Crippen molar-refractivity contribution in [3.8, 4) is 22.5 Å². The predicted octanol–water partition coefficient (Wildman–Crippen LogP) is 15.6. The predicted molar refractivity (Wildman–Crippen MR) is 354 cm³/mol. The molecule has 15 rings (SSSR count). The molecule has 1 spiro atoms. The first-order valence-electron chi connectivity index (χ1n) is 30.1. The number of para-hydroxylation sites is 1. The minimum absolute atomic E-state index is 0.0270. The van der Waals surface area contributed by atoms with Gasteiger partial charge in [0.15, 0.2) is 8.07 Å². The van der Waals surface area contributed by atoms with Crippen LogP contribution < -0.4 is 42.0 Å². The van der Waals surface area contributed by atoms with Crippen LogP contribution in [0.1, 0.15) is 156 Å². The molecule has 0 atom stereocenters. The lowest BCUT2D eigenvalue weighted by Gasteiger charge is -2.43. The Morgan fingerprint density at radius 1 is 0.420 bits per heavy atom. The fraction of sp³-hybridized carbons (Fsp3) is 0.289. The summed E-state index contributed by atoms with van der Waals surface area (Å²) in [5, 5.41) is 11.6. The van der Waals surface area contributed by atoms with Gasteiger partial charge in [-0.1, -0.05) is 214 Å². The van der Waals surface area contributed by atoms with Gasteiger partial charge in [0.1, 0.15) is 0 Å². The topological polar surface area (TPSA) is 13.1 Å². The Hall–Kier alpha value is -7.34. The molecule has 0 saturated heterocycles. The highest BCUT2D eigenvalue weighted by atomic mass is 28.3. The summed E-state index contributed by atoms with van der Waals surface area (Å²) in [6.07, 6.45) is 0. The molecule has 4 aliphatic heterocycles. The highest BCUT2D eigenvalue weighted by Crippen LogP contribution is 2.49. The maximum Gasteiger partial charge on any atom is 0.252 e. The molecule has 9 aromatic carbocycles. The van der Waals surface area contributed by atoms with Crippen LogP contribution in [0.25, 0.3) is 66.1 Å². The van der Waals surface area contributed by atoms with E-state index in [0.717, 1.165) is 5.69 Å². The third kappa shape index (κ3) is 6.76.